The van der Waals surface area contributed by atoms with Gasteiger partial charge in [-0.25, -0.2) is 0 Å². The summed E-state index contributed by atoms with van der Waals surface area (Å²) >= 11 is 0. The van der Waals surface area contributed by atoms with E-state index in [1.807, 2.05) is 33.9 Å². The van der Waals surface area contributed by atoms with Crippen molar-refractivity contribution < 1.29 is 9.90 Å². The molecule has 5 nitrogen and oxygen atoms in total. The summed E-state index contributed by atoms with van der Waals surface area (Å²) in [7, 11) is 0. The number of aryl methyl sites for hydroxylation is 2. The Morgan fingerprint density at radius 1 is 1.56 bits per heavy atom. The van der Waals surface area contributed by atoms with Crippen molar-refractivity contribution in [3.63, 3.8) is 0 Å². The monoisotopic (exact) mass is 253 g/mol. The molecule has 0 spiro atoms. The van der Waals surface area contributed by atoms with Gasteiger partial charge in [0.25, 0.3) is 0 Å². The summed E-state index contributed by atoms with van der Waals surface area (Å²) in [6.45, 7) is 8.64. The zero-order chi connectivity index (χ0) is 13.8. The highest BCUT2D eigenvalue weighted by Crippen LogP contribution is 2.18. The van der Waals surface area contributed by atoms with Crippen molar-refractivity contribution in [3.8, 4) is 0 Å². The van der Waals surface area contributed by atoms with E-state index in [0.717, 1.165) is 5.56 Å². The number of hydrogen-bond acceptors (Lipinski definition) is 3. The quantitative estimate of drug-likeness (QED) is 0.826. The van der Waals surface area contributed by atoms with E-state index in [-0.39, 0.29) is 11.3 Å². The minimum Gasteiger partial charge on any atom is -0.391 e. The molecule has 0 aliphatic heterocycles. The molecule has 2 N–H and O–H groups in total. The molecule has 1 rings (SSSR count). The van der Waals surface area contributed by atoms with Crippen LogP contribution in [0.25, 0.3) is 0 Å². The lowest BCUT2D eigenvalue weighted by atomic mass is 9.89. The van der Waals surface area contributed by atoms with Gasteiger partial charge in [-0.3, -0.25) is 9.48 Å². The van der Waals surface area contributed by atoms with Crippen LogP contribution in [-0.2, 0) is 11.3 Å². The fraction of sp³-hybridized carbons (Fsp3) is 0.692. The molecule has 0 radical (unpaired) electrons. The van der Waals surface area contributed by atoms with Gasteiger partial charge in [-0.05, 0) is 17.9 Å². The van der Waals surface area contributed by atoms with E-state index < -0.39 is 6.10 Å². The van der Waals surface area contributed by atoms with Gasteiger partial charge in [0.05, 0.1) is 12.3 Å². The van der Waals surface area contributed by atoms with E-state index in [2.05, 4.69) is 10.4 Å². The molecule has 0 fully saturated rings. The fourth-order valence-electron chi connectivity index (χ4n) is 1.41. The van der Waals surface area contributed by atoms with Crippen LogP contribution in [0.1, 0.15) is 32.8 Å². The molecule has 0 saturated carbocycles. The van der Waals surface area contributed by atoms with Crippen LogP contribution in [0.15, 0.2) is 12.4 Å². The minimum atomic E-state index is -0.534. The van der Waals surface area contributed by atoms with Crippen LogP contribution in [-0.4, -0.2) is 33.4 Å². The second kappa shape index (κ2) is 6.00. The minimum absolute atomic E-state index is 0.0635. The third kappa shape index (κ3) is 4.87. The molecule has 5 heteroatoms. The van der Waals surface area contributed by atoms with Gasteiger partial charge in [-0.1, -0.05) is 20.8 Å². The average molecular weight is 253 g/mol. The molecule has 1 amide bonds. The van der Waals surface area contributed by atoms with Crippen molar-refractivity contribution in [3.05, 3.63) is 18.0 Å². The van der Waals surface area contributed by atoms with Gasteiger partial charge < -0.3 is 10.4 Å². The lowest BCUT2D eigenvalue weighted by Gasteiger charge is -2.25. The highest BCUT2D eigenvalue weighted by molar-refractivity contribution is 5.75. The summed E-state index contributed by atoms with van der Waals surface area (Å²) in [6.07, 6.45) is 3.50. The summed E-state index contributed by atoms with van der Waals surface area (Å²) in [6, 6.07) is 0. The Hall–Kier alpha value is -1.36. The Morgan fingerprint density at radius 3 is 2.72 bits per heavy atom. The Bertz CT molecular complexity index is 393. The first-order valence-electron chi connectivity index (χ1n) is 6.23. The molecule has 0 aromatic carbocycles. The number of nitrogens with zero attached hydrogens (tertiary/aromatic N) is 2. The van der Waals surface area contributed by atoms with Crippen molar-refractivity contribution in [2.45, 2.75) is 46.8 Å². The SMILES string of the molecule is Cc1cnn(CCC(=O)NCC(O)C(C)(C)C)c1. The molecule has 1 unspecified atom stereocenters. The summed E-state index contributed by atoms with van der Waals surface area (Å²) in [5.74, 6) is -0.0635. The number of aliphatic hydroxyl groups excluding tert-OH is 1. The molecular formula is C13H23N3O2. The molecule has 1 aromatic heterocycles. The van der Waals surface area contributed by atoms with E-state index in [1.165, 1.54) is 0 Å². The van der Waals surface area contributed by atoms with E-state index in [4.69, 9.17) is 0 Å². The Labute approximate surface area is 108 Å². The maximum absolute atomic E-state index is 11.6. The summed E-state index contributed by atoms with van der Waals surface area (Å²) in [5.41, 5.74) is 0.866. The third-order valence-electron chi connectivity index (χ3n) is 2.82. The standard InChI is InChI=1S/C13H23N3O2/c1-10-7-15-16(9-10)6-5-12(18)14-8-11(17)13(2,3)4/h7,9,11,17H,5-6,8H2,1-4H3,(H,14,18). The molecule has 1 atom stereocenters. The number of aromatic nitrogens is 2. The van der Waals surface area contributed by atoms with Crippen LogP contribution in [0.2, 0.25) is 0 Å². The van der Waals surface area contributed by atoms with Crippen LogP contribution in [0.4, 0.5) is 0 Å². The predicted octanol–water partition coefficient (Wildman–Crippen LogP) is 1.10. The van der Waals surface area contributed by atoms with Gasteiger partial charge in [0.15, 0.2) is 0 Å². The van der Waals surface area contributed by atoms with Gasteiger partial charge in [0, 0.05) is 25.7 Å². The van der Waals surface area contributed by atoms with E-state index in [9.17, 15) is 9.90 Å². The Balaban J connectivity index is 2.26. The first kappa shape index (κ1) is 14.7. The molecule has 0 aliphatic rings. The second-order valence-electron chi connectivity index (χ2n) is 5.72. The van der Waals surface area contributed by atoms with Crippen LogP contribution in [0, 0.1) is 12.3 Å². The van der Waals surface area contributed by atoms with Gasteiger partial charge in [0.2, 0.25) is 5.91 Å². The second-order valence-corrected chi connectivity index (χ2v) is 5.72. The van der Waals surface area contributed by atoms with Crippen molar-refractivity contribution in [2.75, 3.05) is 6.54 Å². The molecule has 0 bridgehead atoms. The van der Waals surface area contributed by atoms with Crippen LogP contribution in [0.5, 0.6) is 0 Å². The Morgan fingerprint density at radius 2 is 2.22 bits per heavy atom. The molecule has 1 heterocycles. The van der Waals surface area contributed by atoms with Crippen molar-refractivity contribution >= 4 is 5.91 Å². The molecule has 0 aliphatic carbocycles. The predicted molar refractivity (Wildman–Crippen MR) is 70.1 cm³/mol. The van der Waals surface area contributed by atoms with E-state index in [1.54, 1.807) is 10.9 Å². The van der Waals surface area contributed by atoms with Crippen LogP contribution < -0.4 is 5.32 Å². The number of carbonyl (C=O) groups excluding carboxylic acids is 1. The molecular weight excluding hydrogens is 230 g/mol. The lowest BCUT2D eigenvalue weighted by molar-refractivity contribution is -0.122. The third-order valence-corrected chi connectivity index (χ3v) is 2.82. The Kier molecular flexibility index (Phi) is 4.90. The molecule has 102 valence electrons. The largest absolute Gasteiger partial charge is 0.391 e. The van der Waals surface area contributed by atoms with Crippen molar-refractivity contribution in [1.29, 1.82) is 0 Å². The van der Waals surface area contributed by atoms with Gasteiger partial charge >= 0.3 is 0 Å². The maximum Gasteiger partial charge on any atom is 0.221 e. The van der Waals surface area contributed by atoms with Crippen molar-refractivity contribution in [2.24, 2.45) is 5.41 Å². The highest BCUT2D eigenvalue weighted by Gasteiger charge is 2.22. The van der Waals surface area contributed by atoms with Gasteiger partial charge in [0.1, 0.15) is 0 Å². The fourth-order valence-corrected chi connectivity index (χ4v) is 1.41. The number of nitrogens with one attached hydrogen (secondary N) is 1. The topological polar surface area (TPSA) is 67.2 Å². The van der Waals surface area contributed by atoms with Gasteiger partial charge in [-0.15, -0.1) is 0 Å². The zero-order valence-corrected chi connectivity index (χ0v) is 11.6. The lowest BCUT2D eigenvalue weighted by Crippen LogP contribution is -2.39. The molecule has 18 heavy (non-hydrogen) atoms. The summed E-state index contributed by atoms with van der Waals surface area (Å²) in [5, 5.41) is 16.6. The number of amides is 1. The van der Waals surface area contributed by atoms with E-state index in [0.29, 0.717) is 19.5 Å². The van der Waals surface area contributed by atoms with E-state index >= 15 is 0 Å². The highest BCUT2D eigenvalue weighted by atomic mass is 16.3. The average Bonchev–Trinajstić information content (AvgIpc) is 2.67. The number of carbonyl (C=O) groups is 1. The molecule has 1 aromatic rings. The number of rotatable bonds is 5. The first-order chi connectivity index (χ1) is 8.29. The van der Waals surface area contributed by atoms with Crippen molar-refractivity contribution in [1.82, 2.24) is 15.1 Å². The zero-order valence-electron chi connectivity index (χ0n) is 11.6. The number of aliphatic hydroxyl groups is 1. The normalized spacial score (nSPS) is 13.4. The summed E-state index contributed by atoms with van der Waals surface area (Å²) in [4.78, 5) is 11.6. The van der Waals surface area contributed by atoms with Crippen LogP contribution in [0.3, 0.4) is 0 Å². The number of hydrogen-bond donors (Lipinski definition) is 2. The molecule has 0 saturated heterocycles. The smallest absolute Gasteiger partial charge is 0.221 e. The van der Waals surface area contributed by atoms with Crippen LogP contribution >= 0.6 is 0 Å². The maximum atomic E-state index is 11.6. The summed E-state index contributed by atoms with van der Waals surface area (Å²) < 4.78 is 1.75. The first-order valence-corrected chi connectivity index (χ1v) is 6.23. The van der Waals surface area contributed by atoms with Gasteiger partial charge in [-0.2, -0.15) is 5.10 Å².